The molecular weight excluding hydrogens is 362 g/mol. The van der Waals surface area contributed by atoms with Crippen molar-refractivity contribution < 1.29 is 13.9 Å². The van der Waals surface area contributed by atoms with Gasteiger partial charge in [0, 0.05) is 31.6 Å². The molecule has 0 aliphatic carbocycles. The van der Waals surface area contributed by atoms with Gasteiger partial charge in [-0.1, -0.05) is 18.2 Å². The smallest absolute Gasteiger partial charge is 0.287 e. The fourth-order valence-corrected chi connectivity index (χ4v) is 3.64. The van der Waals surface area contributed by atoms with Gasteiger partial charge >= 0.3 is 0 Å². The van der Waals surface area contributed by atoms with E-state index in [-0.39, 0.29) is 11.7 Å². The first-order valence-corrected chi connectivity index (χ1v) is 9.44. The standard InChI is InChI=1S/C20H19N3O3S/c1-23-12-14(17-7-4-10-27-17)22-18(23)8-9-21-20(24)16-11-13-5-3-6-15(25-2)19(13)26-16/h3-7,10-12H,8-9H2,1-2H3,(H,21,24). The fraction of sp³-hybridized carbons (Fsp3) is 0.200. The number of para-hydroxylation sites is 1. The van der Waals surface area contributed by atoms with Gasteiger partial charge in [-0.2, -0.15) is 0 Å². The summed E-state index contributed by atoms with van der Waals surface area (Å²) in [6.07, 6.45) is 2.64. The van der Waals surface area contributed by atoms with Gasteiger partial charge in [0.15, 0.2) is 17.1 Å². The number of imidazole rings is 1. The van der Waals surface area contributed by atoms with Gasteiger partial charge in [0.1, 0.15) is 5.82 Å². The van der Waals surface area contributed by atoms with Crippen LogP contribution in [0.25, 0.3) is 21.5 Å². The van der Waals surface area contributed by atoms with Gasteiger partial charge in [-0.15, -0.1) is 11.3 Å². The van der Waals surface area contributed by atoms with Gasteiger partial charge in [-0.25, -0.2) is 4.98 Å². The van der Waals surface area contributed by atoms with E-state index in [9.17, 15) is 4.79 Å². The molecule has 0 saturated carbocycles. The highest BCUT2D eigenvalue weighted by Gasteiger charge is 2.15. The second-order valence-corrected chi connectivity index (χ2v) is 7.07. The van der Waals surface area contributed by atoms with Crippen LogP contribution in [0.2, 0.25) is 0 Å². The summed E-state index contributed by atoms with van der Waals surface area (Å²) in [5, 5.41) is 5.76. The maximum Gasteiger partial charge on any atom is 0.287 e. The molecule has 0 aliphatic rings. The van der Waals surface area contributed by atoms with Crippen LogP contribution in [0.1, 0.15) is 16.4 Å². The Kier molecular flexibility index (Phi) is 4.68. The van der Waals surface area contributed by atoms with E-state index in [2.05, 4.69) is 16.4 Å². The van der Waals surface area contributed by atoms with Crippen molar-refractivity contribution in [1.29, 1.82) is 0 Å². The molecule has 0 unspecified atom stereocenters. The quantitative estimate of drug-likeness (QED) is 0.550. The van der Waals surface area contributed by atoms with Crippen molar-refractivity contribution in [3.05, 3.63) is 59.6 Å². The third kappa shape index (κ3) is 3.46. The lowest BCUT2D eigenvalue weighted by molar-refractivity contribution is 0.0928. The van der Waals surface area contributed by atoms with Gasteiger partial charge in [0.2, 0.25) is 0 Å². The number of rotatable bonds is 6. The molecule has 0 radical (unpaired) electrons. The minimum absolute atomic E-state index is 0.249. The first kappa shape index (κ1) is 17.4. The number of amides is 1. The van der Waals surface area contributed by atoms with E-state index in [1.807, 2.05) is 41.4 Å². The van der Waals surface area contributed by atoms with Crippen LogP contribution in [0, 0.1) is 0 Å². The van der Waals surface area contributed by atoms with E-state index < -0.39 is 0 Å². The minimum Gasteiger partial charge on any atom is -0.493 e. The molecule has 3 aromatic heterocycles. The lowest BCUT2D eigenvalue weighted by Crippen LogP contribution is -2.25. The number of hydrogen-bond acceptors (Lipinski definition) is 5. The van der Waals surface area contributed by atoms with Crippen molar-refractivity contribution in [2.24, 2.45) is 7.05 Å². The number of aromatic nitrogens is 2. The Morgan fingerprint density at radius 3 is 3.00 bits per heavy atom. The van der Waals surface area contributed by atoms with Crippen molar-refractivity contribution >= 4 is 28.2 Å². The number of benzene rings is 1. The zero-order valence-electron chi connectivity index (χ0n) is 15.1. The van der Waals surface area contributed by atoms with Crippen LogP contribution < -0.4 is 10.1 Å². The predicted octanol–water partition coefficient (Wildman–Crippen LogP) is 3.88. The average Bonchev–Trinajstić information content (AvgIpc) is 3.40. The molecule has 138 valence electrons. The van der Waals surface area contributed by atoms with Crippen molar-refractivity contribution in [3.63, 3.8) is 0 Å². The third-order valence-corrected chi connectivity index (χ3v) is 5.22. The third-order valence-electron chi connectivity index (χ3n) is 4.33. The zero-order chi connectivity index (χ0) is 18.8. The largest absolute Gasteiger partial charge is 0.493 e. The molecule has 1 amide bonds. The first-order valence-electron chi connectivity index (χ1n) is 8.56. The number of carbonyl (C=O) groups excluding carboxylic acids is 1. The molecule has 0 spiro atoms. The van der Waals surface area contributed by atoms with Crippen LogP contribution >= 0.6 is 11.3 Å². The fourth-order valence-electron chi connectivity index (χ4n) is 2.96. The Morgan fingerprint density at radius 1 is 1.33 bits per heavy atom. The number of carbonyl (C=O) groups is 1. The van der Waals surface area contributed by atoms with Crippen LogP contribution in [-0.2, 0) is 13.5 Å². The molecule has 0 atom stereocenters. The number of ether oxygens (including phenoxy) is 1. The number of fused-ring (bicyclic) bond motifs is 1. The van der Waals surface area contributed by atoms with E-state index in [1.54, 1.807) is 30.6 Å². The van der Waals surface area contributed by atoms with E-state index in [0.717, 1.165) is 21.8 Å². The number of furan rings is 1. The molecular formula is C20H19N3O3S. The van der Waals surface area contributed by atoms with Crippen LogP contribution in [-0.4, -0.2) is 29.1 Å². The highest BCUT2D eigenvalue weighted by Crippen LogP contribution is 2.28. The summed E-state index contributed by atoms with van der Waals surface area (Å²) < 4.78 is 12.9. The molecule has 27 heavy (non-hydrogen) atoms. The Hall–Kier alpha value is -3.06. The summed E-state index contributed by atoms with van der Waals surface area (Å²) in [5.74, 6) is 1.56. The molecule has 0 fully saturated rings. The highest BCUT2D eigenvalue weighted by atomic mass is 32.1. The van der Waals surface area contributed by atoms with Crippen LogP contribution in [0.4, 0.5) is 0 Å². The molecule has 6 nitrogen and oxygen atoms in total. The summed E-state index contributed by atoms with van der Waals surface area (Å²) in [4.78, 5) is 18.2. The van der Waals surface area contributed by atoms with Crippen molar-refractivity contribution in [2.45, 2.75) is 6.42 Å². The molecule has 4 rings (SSSR count). The second kappa shape index (κ2) is 7.28. The number of methoxy groups -OCH3 is 1. The van der Waals surface area contributed by atoms with E-state index in [0.29, 0.717) is 24.3 Å². The number of aryl methyl sites for hydroxylation is 1. The topological polar surface area (TPSA) is 69.3 Å². The van der Waals surface area contributed by atoms with E-state index in [4.69, 9.17) is 9.15 Å². The maximum atomic E-state index is 12.4. The molecule has 1 aromatic carbocycles. The van der Waals surface area contributed by atoms with Gasteiger partial charge in [0.25, 0.3) is 5.91 Å². The van der Waals surface area contributed by atoms with Crippen molar-refractivity contribution in [3.8, 4) is 16.3 Å². The minimum atomic E-state index is -0.249. The lowest BCUT2D eigenvalue weighted by atomic mass is 10.2. The Labute approximate surface area is 160 Å². The highest BCUT2D eigenvalue weighted by molar-refractivity contribution is 7.13. The SMILES string of the molecule is COc1cccc2cc(C(=O)NCCc3nc(-c4cccs4)cn3C)oc12. The zero-order valence-corrected chi connectivity index (χ0v) is 15.9. The molecule has 0 aliphatic heterocycles. The van der Waals surface area contributed by atoms with Gasteiger partial charge in [-0.05, 0) is 23.6 Å². The monoisotopic (exact) mass is 381 g/mol. The Balaban J connectivity index is 1.41. The van der Waals surface area contributed by atoms with Crippen LogP contribution in [0.3, 0.4) is 0 Å². The average molecular weight is 381 g/mol. The summed E-state index contributed by atoms with van der Waals surface area (Å²) in [6, 6.07) is 11.3. The maximum absolute atomic E-state index is 12.4. The number of hydrogen-bond donors (Lipinski definition) is 1. The molecule has 0 bridgehead atoms. The number of thiophene rings is 1. The van der Waals surface area contributed by atoms with Crippen molar-refractivity contribution in [2.75, 3.05) is 13.7 Å². The first-order chi connectivity index (χ1) is 13.2. The molecule has 1 N–H and O–H groups in total. The van der Waals surface area contributed by atoms with Crippen LogP contribution in [0.5, 0.6) is 5.75 Å². The molecule has 7 heteroatoms. The Bertz CT molecular complexity index is 1080. The van der Waals surface area contributed by atoms with E-state index >= 15 is 0 Å². The summed E-state index contributed by atoms with van der Waals surface area (Å²) >= 11 is 1.66. The Morgan fingerprint density at radius 2 is 2.22 bits per heavy atom. The second-order valence-electron chi connectivity index (χ2n) is 6.13. The predicted molar refractivity (Wildman–Crippen MR) is 105 cm³/mol. The number of nitrogens with one attached hydrogen (secondary N) is 1. The lowest BCUT2D eigenvalue weighted by Gasteiger charge is -2.03. The normalized spacial score (nSPS) is 11.0. The summed E-state index contributed by atoms with van der Waals surface area (Å²) in [5.41, 5.74) is 1.54. The summed E-state index contributed by atoms with van der Waals surface area (Å²) in [7, 11) is 3.54. The van der Waals surface area contributed by atoms with E-state index in [1.165, 1.54) is 0 Å². The number of nitrogens with zero attached hydrogens (tertiary/aromatic N) is 2. The molecule has 0 saturated heterocycles. The van der Waals surface area contributed by atoms with Crippen LogP contribution in [0.15, 0.2) is 52.4 Å². The van der Waals surface area contributed by atoms with Gasteiger partial charge in [-0.3, -0.25) is 4.79 Å². The molecule has 3 heterocycles. The van der Waals surface area contributed by atoms with Gasteiger partial charge < -0.3 is 19.0 Å². The molecule has 4 aromatic rings. The summed E-state index contributed by atoms with van der Waals surface area (Å²) in [6.45, 7) is 0.474. The van der Waals surface area contributed by atoms with Gasteiger partial charge in [0.05, 0.1) is 17.7 Å². The van der Waals surface area contributed by atoms with Crippen molar-refractivity contribution in [1.82, 2.24) is 14.9 Å².